The second-order valence-corrected chi connectivity index (χ2v) is 8.78. The van der Waals surface area contributed by atoms with Gasteiger partial charge < -0.3 is 4.90 Å². The van der Waals surface area contributed by atoms with Crippen LogP contribution in [0.15, 0.2) is 24.7 Å². The molecule has 0 radical (unpaired) electrons. The van der Waals surface area contributed by atoms with Gasteiger partial charge >= 0.3 is 0 Å². The first-order valence-corrected chi connectivity index (χ1v) is 9.99. The Kier molecular flexibility index (Phi) is 3.23. The molecule has 0 spiro atoms. The predicted molar refractivity (Wildman–Crippen MR) is 94.9 cm³/mol. The van der Waals surface area contributed by atoms with E-state index >= 15 is 0 Å². The monoisotopic (exact) mass is 358 g/mol. The fourth-order valence-electron chi connectivity index (χ4n) is 3.55. The largest absolute Gasteiger partial charge is 0.355 e. The lowest BCUT2D eigenvalue weighted by Gasteiger charge is -2.20. The summed E-state index contributed by atoms with van der Waals surface area (Å²) in [6.07, 6.45) is 7.62. The van der Waals surface area contributed by atoms with Crippen LogP contribution in [0.25, 0.3) is 21.8 Å². The van der Waals surface area contributed by atoms with Crippen LogP contribution in [0.4, 0.5) is 5.82 Å². The Morgan fingerprint density at radius 1 is 1.20 bits per heavy atom. The van der Waals surface area contributed by atoms with Gasteiger partial charge in [-0.25, -0.2) is 23.1 Å². The van der Waals surface area contributed by atoms with Crippen LogP contribution in [0, 0.1) is 0 Å². The smallest absolute Gasteiger partial charge is 0.214 e. The molecule has 3 aromatic rings. The van der Waals surface area contributed by atoms with Gasteiger partial charge in [0.1, 0.15) is 5.82 Å². The molecule has 1 atom stereocenters. The molecule has 130 valence electrons. The molecule has 1 aliphatic heterocycles. The molecule has 0 bridgehead atoms. The van der Waals surface area contributed by atoms with Gasteiger partial charge in [-0.05, 0) is 25.3 Å². The van der Waals surface area contributed by atoms with Crippen molar-refractivity contribution in [1.29, 1.82) is 0 Å². The van der Waals surface area contributed by atoms with Crippen LogP contribution in [0.3, 0.4) is 0 Å². The summed E-state index contributed by atoms with van der Waals surface area (Å²) in [6.45, 7) is 1.40. The highest BCUT2D eigenvalue weighted by Gasteiger charge is 2.38. The topological polar surface area (TPSA) is 104 Å². The number of aromatic amines is 1. The van der Waals surface area contributed by atoms with Gasteiger partial charge in [-0.2, -0.15) is 5.10 Å². The molecule has 0 aromatic carbocycles. The zero-order valence-electron chi connectivity index (χ0n) is 13.5. The van der Waals surface area contributed by atoms with Crippen molar-refractivity contribution < 1.29 is 8.42 Å². The summed E-state index contributed by atoms with van der Waals surface area (Å²) in [7, 11) is -3.17. The van der Waals surface area contributed by atoms with Gasteiger partial charge in [-0.1, -0.05) is 0 Å². The Bertz CT molecular complexity index is 1060. The third-order valence-electron chi connectivity index (χ3n) is 4.97. The summed E-state index contributed by atoms with van der Waals surface area (Å²) >= 11 is 0. The quantitative estimate of drug-likeness (QED) is 0.725. The molecule has 1 unspecified atom stereocenters. The van der Waals surface area contributed by atoms with Crippen LogP contribution in [-0.4, -0.2) is 53.0 Å². The molecule has 5 rings (SSSR count). The number of rotatable bonds is 4. The van der Waals surface area contributed by atoms with E-state index in [1.54, 1.807) is 18.6 Å². The number of fused-ring (bicyclic) bond motifs is 3. The van der Waals surface area contributed by atoms with E-state index in [1.165, 1.54) is 0 Å². The van der Waals surface area contributed by atoms with Gasteiger partial charge in [0.2, 0.25) is 10.0 Å². The maximum absolute atomic E-state index is 12.2. The number of H-pyrrole nitrogens is 1. The highest BCUT2D eigenvalue weighted by molar-refractivity contribution is 7.90. The van der Waals surface area contributed by atoms with E-state index in [1.807, 2.05) is 6.07 Å². The number of hydrogen-bond acceptors (Lipinski definition) is 6. The standard InChI is InChI=1S/C16H18N6O2S/c23-25(24,12-1-2-12)21-11-4-6-22(9-11)16-14-10(8-19-20-16)7-18-15-13(14)3-5-17-15/h3,5,7-8,11-12,20-21H,1-2,4,6,9H2. The Balaban J connectivity index is 1.48. The molecule has 1 aliphatic carbocycles. The van der Waals surface area contributed by atoms with Gasteiger partial charge in [-0.15, -0.1) is 0 Å². The van der Waals surface area contributed by atoms with Gasteiger partial charge in [0.15, 0.2) is 5.65 Å². The molecule has 2 fully saturated rings. The molecule has 2 aliphatic rings. The molecule has 2 N–H and O–H groups in total. The lowest BCUT2D eigenvalue weighted by molar-refractivity contribution is 0.560. The Hall–Kier alpha value is -2.26. The Morgan fingerprint density at radius 2 is 2.08 bits per heavy atom. The summed E-state index contributed by atoms with van der Waals surface area (Å²) in [5.74, 6) is 0.894. The molecular formula is C16H18N6O2S. The van der Waals surface area contributed by atoms with E-state index in [2.05, 4.69) is 29.8 Å². The lowest BCUT2D eigenvalue weighted by atomic mass is 10.1. The lowest BCUT2D eigenvalue weighted by Crippen LogP contribution is -2.39. The fourth-order valence-corrected chi connectivity index (χ4v) is 5.16. The minimum absolute atomic E-state index is 0.0654. The van der Waals surface area contributed by atoms with E-state index in [0.717, 1.165) is 47.8 Å². The fraction of sp³-hybridized carbons (Fsp3) is 0.438. The van der Waals surface area contributed by atoms with Crippen LogP contribution in [-0.2, 0) is 10.0 Å². The number of hydrogen-bond donors (Lipinski definition) is 2. The van der Waals surface area contributed by atoms with E-state index in [4.69, 9.17) is 0 Å². The van der Waals surface area contributed by atoms with Crippen molar-refractivity contribution in [2.45, 2.75) is 30.6 Å². The SMILES string of the molecule is O=S(=O)(NC1CCN(c2[nH]ncc3cnc4nccc4c23)C1)C1CC1. The van der Waals surface area contributed by atoms with Crippen molar-refractivity contribution >= 4 is 37.6 Å². The van der Waals surface area contributed by atoms with E-state index in [-0.39, 0.29) is 11.3 Å². The minimum atomic E-state index is -3.17. The summed E-state index contributed by atoms with van der Waals surface area (Å²) in [5.41, 5.74) is 0.707. The van der Waals surface area contributed by atoms with Gasteiger partial charge in [0, 0.05) is 47.7 Å². The number of pyridine rings is 1. The van der Waals surface area contributed by atoms with Crippen molar-refractivity contribution in [3.63, 3.8) is 0 Å². The number of anilines is 1. The zero-order chi connectivity index (χ0) is 17.0. The number of aromatic nitrogens is 4. The first-order valence-electron chi connectivity index (χ1n) is 8.45. The molecule has 1 saturated carbocycles. The Labute approximate surface area is 144 Å². The summed E-state index contributed by atoms with van der Waals surface area (Å²) in [4.78, 5) is 10.8. The van der Waals surface area contributed by atoms with E-state index in [9.17, 15) is 8.42 Å². The third-order valence-corrected chi connectivity index (χ3v) is 6.98. The van der Waals surface area contributed by atoms with Crippen molar-refractivity contribution in [3.05, 3.63) is 24.7 Å². The maximum atomic E-state index is 12.2. The first-order chi connectivity index (χ1) is 12.1. The van der Waals surface area contributed by atoms with Crippen LogP contribution < -0.4 is 9.62 Å². The second-order valence-electron chi connectivity index (χ2n) is 6.78. The molecule has 0 amide bonds. The average molecular weight is 358 g/mol. The van der Waals surface area contributed by atoms with Crippen molar-refractivity contribution in [2.24, 2.45) is 0 Å². The zero-order valence-corrected chi connectivity index (χ0v) is 14.3. The molecule has 9 heteroatoms. The number of sulfonamides is 1. The molecule has 1 saturated heterocycles. The third kappa shape index (κ3) is 2.54. The van der Waals surface area contributed by atoms with Crippen molar-refractivity contribution in [2.75, 3.05) is 18.0 Å². The second kappa shape index (κ2) is 5.37. The van der Waals surface area contributed by atoms with Crippen LogP contribution in [0.1, 0.15) is 19.3 Å². The van der Waals surface area contributed by atoms with Crippen molar-refractivity contribution in [3.8, 4) is 0 Å². The molecule has 25 heavy (non-hydrogen) atoms. The predicted octanol–water partition coefficient (Wildman–Crippen LogP) is 1.17. The normalized spacial score (nSPS) is 21.4. The van der Waals surface area contributed by atoms with Gasteiger partial charge in [0.25, 0.3) is 0 Å². The number of nitrogens with one attached hydrogen (secondary N) is 2. The highest BCUT2D eigenvalue weighted by atomic mass is 32.2. The van der Waals surface area contributed by atoms with Crippen LogP contribution in [0.2, 0.25) is 0 Å². The Morgan fingerprint density at radius 3 is 2.92 bits per heavy atom. The highest BCUT2D eigenvalue weighted by Crippen LogP contribution is 2.32. The van der Waals surface area contributed by atoms with E-state index in [0.29, 0.717) is 12.2 Å². The molecule has 4 heterocycles. The summed E-state index contributed by atoms with van der Waals surface area (Å²) < 4.78 is 27.2. The van der Waals surface area contributed by atoms with Crippen molar-refractivity contribution in [1.82, 2.24) is 24.9 Å². The van der Waals surface area contributed by atoms with E-state index < -0.39 is 10.0 Å². The van der Waals surface area contributed by atoms with Gasteiger partial charge in [-0.3, -0.25) is 5.10 Å². The summed E-state index contributed by atoms with van der Waals surface area (Å²) in [5, 5.41) is 10.1. The maximum Gasteiger partial charge on any atom is 0.214 e. The van der Waals surface area contributed by atoms with Crippen LogP contribution in [0.5, 0.6) is 0 Å². The molecular weight excluding hydrogens is 340 g/mol. The molecule has 8 nitrogen and oxygen atoms in total. The molecule has 3 aromatic heterocycles. The van der Waals surface area contributed by atoms with Gasteiger partial charge in [0.05, 0.1) is 11.4 Å². The summed E-state index contributed by atoms with van der Waals surface area (Å²) in [6, 6.07) is 1.88. The minimum Gasteiger partial charge on any atom is -0.355 e. The van der Waals surface area contributed by atoms with Crippen LogP contribution >= 0.6 is 0 Å². The average Bonchev–Trinajstić information content (AvgIpc) is 3.20. The number of nitrogens with zero attached hydrogens (tertiary/aromatic N) is 4. The first kappa shape index (κ1) is 15.0.